The predicted molar refractivity (Wildman–Crippen MR) is 341 cm³/mol. The minimum atomic E-state index is -1.98. The van der Waals surface area contributed by atoms with Gasteiger partial charge >= 0.3 is 0 Å². The topological polar surface area (TPSA) is 307 Å². The SMILES string of the molecule is CC/C=C\C/C=C\C/C=C\C/C=C\C/C=C\C/C=C\C/C=C\CCCC(=O)NC(COC1OC(CO)C(OC2OC(CO)C(OC3OC(CO)C(O)C(O)C3O)C(O)C2O)C(O)C1O)C(O)CCCCCCCCCCCCCCCCCCCCCC. The fourth-order valence-corrected chi connectivity index (χ4v) is 11.0. The quantitative estimate of drug-likeness (QED) is 0.0201. The molecule has 19 nitrogen and oxygen atoms in total. The van der Waals surface area contributed by atoms with Gasteiger partial charge in [0.15, 0.2) is 18.9 Å². The Bertz CT molecular complexity index is 1930. The number of unbranched alkanes of at least 4 members (excludes halogenated alkanes) is 20. The Hall–Kier alpha value is -3.03. The number of ether oxygens (including phenoxy) is 6. The van der Waals surface area contributed by atoms with Gasteiger partial charge < -0.3 is 89.9 Å². The van der Waals surface area contributed by atoms with Gasteiger partial charge in [-0.15, -0.1) is 0 Å². The molecule has 12 N–H and O–H groups in total. The highest BCUT2D eigenvalue weighted by molar-refractivity contribution is 5.76. The van der Waals surface area contributed by atoms with Crippen molar-refractivity contribution < 1.29 is 89.4 Å². The number of carbonyl (C=O) groups excluding carboxylic acids is 1. The molecule has 17 unspecified atom stereocenters. The predicted octanol–water partition coefficient (Wildman–Crippen LogP) is 8.32. The Kier molecular flexibility index (Phi) is 45.5. The molecule has 0 aromatic rings. The number of allylic oxidation sites excluding steroid dienone is 14. The van der Waals surface area contributed by atoms with E-state index >= 15 is 0 Å². The molecule has 0 aliphatic carbocycles. The van der Waals surface area contributed by atoms with Gasteiger partial charge in [0.1, 0.15) is 73.2 Å². The molecule has 0 aromatic heterocycles. The summed E-state index contributed by atoms with van der Waals surface area (Å²) < 4.78 is 34.4. The zero-order chi connectivity index (χ0) is 64.0. The molecule has 0 spiro atoms. The molecule has 3 heterocycles. The van der Waals surface area contributed by atoms with E-state index in [1.54, 1.807) is 0 Å². The Balaban J connectivity index is 1.47. The van der Waals surface area contributed by atoms with Gasteiger partial charge in [-0.25, -0.2) is 0 Å². The van der Waals surface area contributed by atoms with E-state index in [1.165, 1.54) is 103 Å². The van der Waals surface area contributed by atoms with E-state index in [0.29, 0.717) is 25.7 Å². The van der Waals surface area contributed by atoms with E-state index < -0.39 is 124 Å². The minimum absolute atomic E-state index is 0.182. The second-order valence-electron chi connectivity index (χ2n) is 23.9. The fourth-order valence-electron chi connectivity index (χ4n) is 11.0. The fraction of sp³-hybridized carbons (Fsp3) is 0.783. The van der Waals surface area contributed by atoms with E-state index in [4.69, 9.17) is 28.4 Å². The number of amides is 1. The third kappa shape index (κ3) is 32.5. The summed E-state index contributed by atoms with van der Waals surface area (Å²) in [5.74, 6) is -0.302. The van der Waals surface area contributed by atoms with E-state index in [0.717, 1.165) is 64.2 Å². The third-order valence-corrected chi connectivity index (χ3v) is 16.5. The first-order chi connectivity index (χ1) is 42.8. The average molecular weight is 1250 g/mol. The lowest BCUT2D eigenvalue weighted by molar-refractivity contribution is -0.379. The van der Waals surface area contributed by atoms with Gasteiger partial charge in [-0.1, -0.05) is 227 Å². The van der Waals surface area contributed by atoms with Gasteiger partial charge in [0.2, 0.25) is 5.91 Å². The number of hydrogen-bond donors (Lipinski definition) is 12. The van der Waals surface area contributed by atoms with Gasteiger partial charge in [-0.3, -0.25) is 4.79 Å². The maximum Gasteiger partial charge on any atom is 0.220 e. The van der Waals surface area contributed by atoms with Crippen LogP contribution in [0.4, 0.5) is 0 Å². The van der Waals surface area contributed by atoms with Crippen molar-refractivity contribution in [1.82, 2.24) is 5.32 Å². The molecule has 88 heavy (non-hydrogen) atoms. The van der Waals surface area contributed by atoms with E-state index in [-0.39, 0.29) is 18.9 Å². The summed E-state index contributed by atoms with van der Waals surface area (Å²) in [5, 5.41) is 121. The van der Waals surface area contributed by atoms with Crippen LogP contribution in [0.2, 0.25) is 0 Å². The van der Waals surface area contributed by atoms with E-state index in [9.17, 15) is 61.0 Å². The molecule has 17 atom stereocenters. The standard InChI is InChI=1S/C69H119NO18/c1-3-5-7-9-11-13-15-17-19-21-23-25-26-27-29-31-33-35-37-39-41-43-45-47-57(75)70-52(53(74)46-44-42-40-38-36-34-32-30-28-24-22-20-18-16-14-12-10-8-6-4-2)51-83-67-63(81)60(78)65(55(49-72)85-67)88-69-64(82)61(79)66(56(50-73)86-69)87-68-62(80)59(77)58(76)54(48-71)84-68/h5,7,11,13,17,19,23,25,27,29,33,35,39,41,52-56,58-69,71-74,76-82H,3-4,6,8-10,12,14-16,18,20-22,24,26,28,30-32,34,36-38,40,42-51H2,1-2H3,(H,70,75)/b7-5-,13-11-,19-17-,25-23-,29-27-,35-33-,41-39-. The van der Waals surface area contributed by atoms with Crippen molar-refractivity contribution in [3.8, 4) is 0 Å². The maximum atomic E-state index is 13.4. The van der Waals surface area contributed by atoms with Gasteiger partial charge in [-0.05, 0) is 64.2 Å². The molecule has 3 aliphatic rings. The van der Waals surface area contributed by atoms with Gasteiger partial charge in [0.25, 0.3) is 0 Å². The van der Waals surface area contributed by atoms with Crippen LogP contribution in [0.5, 0.6) is 0 Å². The van der Waals surface area contributed by atoms with Crippen LogP contribution in [0.3, 0.4) is 0 Å². The molecule has 0 aromatic carbocycles. The van der Waals surface area contributed by atoms with Crippen molar-refractivity contribution in [1.29, 1.82) is 0 Å². The first kappa shape index (κ1) is 79.2. The zero-order valence-corrected chi connectivity index (χ0v) is 53.4. The van der Waals surface area contributed by atoms with Gasteiger partial charge in [0.05, 0.1) is 38.6 Å². The lowest BCUT2D eigenvalue weighted by atomic mass is 9.96. The Morgan fingerprint density at radius 3 is 1.18 bits per heavy atom. The van der Waals surface area contributed by atoms with Crippen LogP contribution in [0.1, 0.15) is 213 Å². The first-order valence-electron chi connectivity index (χ1n) is 33.8. The van der Waals surface area contributed by atoms with Crippen LogP contribution < -0.4 is 5.32 Å². The van der Waals surface area contributed by atoms with E-state index in [1.807, 2.05) is 6.08 Å². The lowest BCUT2D eigenvalue weighted by Gasteiger charge is -2.48. The van der Waals surface area contributed by atoms with Gasteiger partial charge in [0, 0.05) is 6.42 Å². The highest BCUT2D eigenvalue weighted by Gasteiger charge is 2.53. The summed E-state index contributed by atoms with van der Waals surface area (Å²) in [6, 6.07) is -0.924. The van der Waals surface area contributed by atoms with Crippen molar-refractivity contribution in [2.45, 2.75) is 317 Å². The molecular formula is C69H119NO18. The van der Waals surface area contributed by atoms with Crippen LogP contribution in [0.15, 0.2) is 85.1 Å². The first-order valence-corrected chi connectivity index (χ1v) is 33.8. The largest absolute Gasteiger partial charge is 0.394 e. The molecule has 3 saturated heterocycles. The zero-order valence-electron chi connectivity index (χ0n) is 53.4. The van der Waals surface area contributed by atoms with Crippen molar-refractivity contribution in [2.75, 3.05) is 26.4 Å². The highest BCUT2D eigenvalue weighted by atomic mass is 16.8. The molecule has 0 bridgehead atoms. The second kappa shape index (κ2) is 50.5. The normalized spacial score (nSPS) is 28.9. The Morgan fingerprint density at radius 1 is 0.420 bits per heavy atom. The van der Waals surface area contributed by atoms with Crippen molar-refractivity contribution >= 4 is 5.91 Å². The molecular weight excluding hydrogens is 1130 g/mol. The molecule has 3 aliphatic heterocycles. The number of aliphatic hydroxyl groups is 11. The summed E-state index contributed by atoms with van der Waals surface area (Å²) in [7, 11) is 0. The minimum Gasteiger partial charge on any atom is -0.394 e. The van der Waals surface area contributed by atoms with Crippen LogP contribution in [-0.4, -0.2) is 193 Å². The summed E-state index contributed by atoms with van der Waals surface area (Å²) >= 11 is 0. The average Bonchev–Trinajstić information content (AvgIpc) is 3.71. The highest BCUT2D eigenvalue weighted by Crippen LogP contribution is 2.33. The molecule has 1 amide bonds. The van der Waals surface area contributed by atoms with E-state index in [2.05, 4.69) is 98.2 Å². The summed E-state index contributed by atoms with van der Waals surface area (Å²) in [6.07, 6.45) is 36.6. The number of nitrogens with one attached hydrogen (secondary N) is 1. The van der Waals surface area contributed by atoms with Crippen LogP contribution in [-0.2, 0) is 33.2 Å². The second-order valence-corrected chi connectivity index (χ2v) is 23.9. The maximum absolute atomic E-state index is 13.4. The third-order valence-electron chi connectivity index (χ3n) is 16.5. The Labute approximate surface area is 527 Å². The molecule has 0 radical (unpaired) electrons. The van der Waals surface area contributed by atoms with Crippen LogP contribution >= 0.6 is 0 Å². The molecule has 3 rings (SSSR count). The van der Waals surface area contributed by atoms with Crippen LogP contribution in [0.25, 0.3) is 0 Å². The summed E-state index contributed by atoms with van der Waals surface area (Å²) in [5.41, 5.74) is 0. The number of aliphatic hydroxyl groups excluding tert-OH is 11. The number of carbonyl (C=O) groups is 1. The van der Waals surface area contributed by atoms with Crippen LogP contribution in [0, 0.1) is 0 Å². The lowest BCUT2D eigenvalue weighted by Crippen LogP contribution is -2.66. The smallest absolute Gasteiger partial charge is 0.220 e. The molecule has 19 heteroatoms. The Morgan fingerprint density at radius 2 is 0.773 bits per heavy atom. The molecule has 3 fully saturated rings. The van der Waals surface area contributed by atoms with Crippen molar-refractivity contribution in [3.05, 3.63) is 85.1 Å². The van der Waals surface area contributed by atoms with Crippen molar-refractivity contribution in [2.24, 2.45) is 0 Å². The number of hydrogen-bond acceptors (Lipinski definition) is 18. The molecule has 0 saturated carbocycles. The van der Waals surface area contributed by atoms with Crippen molar-refractivity contribution in [3.63, 3.8) is 0 Å². The summed E-state index contributed by atoms with van der Waals surface area (Å²) in [4.78, 5) is 13.4. The molecule has 508 valence electrons. The monoisotopic (exact) mass is 1250 g/mol. The summed E-state index contributed by atoms with van der Waals surface area (Å²) in [6.45, 7) is 1.64. The number of rotatable bonds is 50. The van der Waals surface area contributed by atoms with Gasteiger partial charge in [-0.2, -0.15) is 0 Å².